The van der Waals surface area contributed by atoms with Crippen molar-refractivity contribution in [1.29, 1.82) is 0 Å². The standard InChI is InChI=1S/C22H26IN5O3/c1-5-14-12-15(27-19-20-26-13-17(23)28(20)11-10-24-19)6-7-16(14)21(30)25-9-8-18(29)31-22(2,3)4/h6-7,10-13H,5,8-9H2,1-4H3,(H,24,27)(H,25,30). The van der Waals surface area contributed by atoms with E-state index in [4.69, 9.17) is 4.74 Å². The number of fused-ring (bicyclic) bond motifs is 1. The molecule has 0 radical (unpaired) electrons. The molecule has 1 aromatic carbocycles. The van der Waals surface area contributed by atoms with Gasteiger partial charge in [-0.05, 0) is 73.5 Å². The lowest BCUT2D eigenvalue weighted by molar-refractivity contribution is -0.154. The number of ether oxygens (including phenoxy) is 1. The summed E-state index contributed by atoms with van der Waals surface area (Å²) in [4.78, 5) is 33.2. The Hall–Kier alpha value is -2.69. The molecule has 31 heavy (non-hydrogen) atoms. The Kier molecular flexibility index (Phi) is 7.14. The lowest BCUT2D eigenvalue weighted by Gasteiger charge is -2.19. The van der Waals surface area contributed by atoms with Crippen LogP contribution in [-0.2, 0) is 16.0 Å². The van der Waals surface area contributed by atoms with Crippen LogP contribution < -0.4 is 10.6 Å². The summed E-state index contributed by atoms with van der Waals surface area (Å²) in [6.07, 6.45) is 6.17. The van der Waals surface area contributed by atoms with Gasteiger partial charge in [0, 0.05) is 30.2 Å². The molecule has 0 fully saturated rings. The van der Waals surface area contributed by atoms with Gasteiger partial charge in [-0.3, -0.25) is 14.0 Å². The number of aromatic nitrogens is 3. The number of carbonyl (C=O) groups is 2. The summed E-state index contributed by atoms with van der Waals surface area (Å²) in [6, 6.07) is 5.54. The molecule has 0 spiro atoms. The summed E-state index contributed by atoms with van der Waals surface area (Å²) in [5, 5.41) is 6.09. The van der Waals surface area contributed by atoms with Crippen molar-refractivity contribution in [2.75, 3.05) is 11.9 Å². The quantitative estimate of drug-likeness (QED) is 0.349. The molecule has 2 N–H and O–H groups in total. The number of nitrogens with zero attached hydrogens (tertiary/aromatic N) is 3. The summed E-state index contributed by atoms with van der Waals surface area (Å²) in [6.45, 7) is 7.66. The molecule has 0 bridgehead atoms. The summed E-state index contributed by atoms with van der Waals surface area (Å²) in [5.41, 5.74) is 2.49. The smallest absolute Gasteiger partial charge is 0.308 e. The van der Waals surface area contributed by atoms with Crippen molar-refractivity contribution in [1.82, 2.24) is 19.7 Å². The first kappa shape index (κ1) is 23.0. The van der Waals surface area contributed by atoms with Gasteiger partial charge in [0.25, 0.3) is 5.91 Å². The van der Waals surface area contributed by atoms with Gasteiger partial charge < -0.3 is 15.4 Å². The van der Waals surface area contributed by atoms with Crippen molar-refractivity contribution in [3.8, 4) is 0 Å². The molecular weight excluding hydrogens is 509 g/mol. The molecule has 0 atom stereocenters. The molecule has 0 aliphatic heterocycles. The first-order valence-electron chi connectivity index (χ1n) is 10.1. The van der Waals surface area contributed by atoms with Crippen LogP contribution in [-0.4, -0.2) is 38.4 Å². The molecule has 0 saturated carbocycles. The number of rotatable bonds is 7. The minimum absolute atomic E-state index is 0.128. The first-order chi connectivity index (χ1) is 14.7. The molecular formula is C22H26IN5O3. The second-order valence-electron chi connectivity index (χ2n) is 7.99. The number of nitrogens with one attached hydrogen (secondary N) is 2. The van der Waals surface area contributed by atoms with E-state index in [9.17, 15) is 9.59 Å². The van der Waals surface area contributed by atoms with Crippen LogP contribution in [0.3, 0.4) is 0 Å². The summed E-state index contributed by atoms with van der Waals surface area (Å²) >= 11 is 2.22. The molecule has 0 aliphatic carbocycles. The number of esters is 1. The van der Waals surface area contributed by atoms with Crippen LogP contribution in [0.5, 0.6) is 0 Å². The maximum absolute atomic E-state index is 12.6. The van der Waals surface area contributed by atoms with Crippen LogP contribution in [0.1, 0.15) is 50.0 Å². The van der Waals surface area contributed by atoms with Crippen molar-refractivity contribution >= 4 is 51.6 Å². The Morgan fingerprint density at radius 2 is 2.00 bits per heavy atom. The molecule has 0 aliphatic rings. The molecule has 3 aromatic rings. The molecule has 3 rings (SSSR count). The minimum atomic E-state index is -0.535. The topological polar surface area (TPSA) is 97.6 Å². The fourth-order valence-electron chi connectivity index (χ4n) is 3.07. The van der Waals surface area contributed by atoms with Crippen LogP contribution in [0.2, 0.25) is 0 Å². The Bertz CT molecular complexity index is 1100. The predicted octanol–water partition coefficient (Wildman–Crippen LogP) is 4.10. The van der Waals surface area contributed by atoms with Gasteiger partial charge in [0.2, 0.25) is 0 Å². The highest BCUT2D eigenvalue weighted by Crippen LogP contribution is 2.23. The number of amides is 1. The molecule has 0 saturated heterocycles. The minimum Gasteiger partial charge on any atom is -0.460 e. The number of carbonyl (C=O) groups excluding carboxylic acids is 2. The van der Waals surface area contributed by atoms with Crippen molar-refractivity contribution in [3.05, 3.63) is 51.6 Å². The molecule has 1 amide bonds. The summed E-state index contributed by atoms with van der Waals surface area (Å²) < 4.78 is 8.20. The van der Waals surface area contributed by atoms with E-state index >= 15 is 0 Å². The number of halogens is 1. The summed E-state index contributed by atoms with van der Waals surface area (Å²) in [5.74, 6) is 0.0930. The first-order valence-corrected chi connectivity index (χ1v) is 11.1. The van der Waals surface area contributed by atoms with E-state index in [1.165, 1.54) is 0 Å². The molecule has 2 heterocycles. The zero-order valence-electron chi connectivity index (χ0n) is 18.0. The largest absolute Gasteiger partial charge is 0.460 e. The van der Waals surface area contributed by atoms with Gasteiger partial charge in [-0.25, -0.2) is 9.97 Å². The average molecular weight is 535 g/mol. The third kappa shape index (κ3) is 5.93. The normalized spacial score (nSPS) is 11.4. The highest BCUT2D eigenvalue weighted by atomic mass is 127. The molecule has 2 aromatic heterocycles. The van der Waals surface area contributed by atoms with Gasteiger partial charge in [0.1, 0.15) is 9.30 Å². The van der Waals surface area contributed by atoms with Crippen LogP contribution in [0.15, 0.2) is 36.8 Å². The number of imidazole rings is 1. The maximum atomic E-state index is 12.6. The van der Waals surface area contributed by atoms with E-state index in [0.29, 0.717) is 17.8 Å². The SMILES string of the molecule is CCc1cc(Nc2nccn3c(I)cnc23)ccc1C(=O)NCCC(=O)OC(C)(C)C. The highest BCUT2D eigenvalue weighted by Gasteiger charge is 2.17. The number of benzene rings is 1. The second-order valence-corrected chi connectivity index (χ2v) is 9.10. The van der Waals surface area contributed by atoms with Gasteiger partial charge in [-0.15, -0.1) is 0 Å². The summed E-state index contributed by atoms with van der Waals surface area (Å²) in [7, 11) is 0. The van der Waals surface area contributed by atoms with E-state index in [0.717, 1.165) is 20.6 Å². The Labute approximate surface area is 194 Å². The van der Waals surface area contributed by atoms with E-state index in [1.54, 1.807) is 18.5 Å². The van der Waals surface area contributed by atoms with E-state index < -0.39 is 5.60 Å². The number of anilines is 2. The van der Waals surface area contributed by atoms with Crippen molar-refractivity contribution < 1.29 is 14.3 Å². The molecule has 9 heteroatoms. The van der Waals surface area contributed by atoms with Gasteiger partial charge in [0.05, 0.1) is 12.6 Å². The second kappa shape index (κ2) is 9.63. The fourth-order valence-corrected chi connectivity index (χ4v) is 3.59. The number of aryl methyl sites for hydroxylation is 1. The number of hydrogen-bond acceptors (Lipinski definition) is 6. The van der Waals surface area contributed by atoms with Crippen molar-refractivity contribution in [2.24, 2.45) is 0 Å². The fraction of sp³-hybridized carbons (Fsp3) is 0.364. The van der Waals surface area contributed by atoms with Crippen LogP contribution >= 0.6 is 22.6 Å². The number of hydrogen-bond donors (Lipinski definition) is 2. The molecule has 164 valence electrons. The van der Waals surface area contributed by atoms with Crippen molar-refractivity contribution in [2.45, 2.75) is 46.1 Å². The highest BCUT2D eigenvalue weighted by molar-refractivity contribution is 14.1. The monoisotopic (exact) mass is 535 g/mol. The average Bonchev–Trinajstić information content (AvgIpc) is 3.08. The third-order valence-corrected chi connectivity index (χ3v) is 5.21. The Morgan fingerprint density at radius 1 is 1.23 bits per heavy atom. The van der Waals surface area contributed by atoms with Crippen LogP contribution in [0.4, 0.5) is 11.5 Å². The zero-order chi connectivity index (χ0) is 22.6. The lowest BCUT2D eigenvalue weighted by atomic mass is 10.0. The Balaban J connectivity index is 1.68. The third-order valence-electron chi connectivity index (χ3n) is 4.41. The van der Waals surface area contributed by atoms with Crippen LogP contribution in [0.25, 0.3) is 5.65 Å². The van der Waals surface area contributed by atoms with Gasteiger partial charge in [-0.1, -0.05) is 6.92 Å². The van der Waals surface area contributed by atoms with Gasteiger partial charge in [-0.2, -0.15) is 0 Å². The van der Waals surface area contributed by atoms with E-state index in [2.05, 4.69) is 43.2 Å². The Morgan fingerprint density at radius 3 is 2.71 bits per heavy atom. The van der Waals surface area contributed by atoms with E-state index in [-0.39, 0.29) is 24.8 Å². The predicted molar refractivity (Wildman–Crippen MR) is 128 cm³/mol. The van der Waals surface area contributed by atoms with Gasteiger partial charge >= 0.3 is 5.97 Å². The van der Waals surface area contributed by atoms with Gasteiger partial charge in [0.15, 0.2) is 11.5 Å². The lowest BCUT2D eigenvalue weighted by Crippen LogP contribution is -2.30. The van der Waals surface area contributed by atoms with Crippen molar-refractivity contribution in [3.63, 3.8) is 0 Å². The van der Waals surface area contributed by atoms with Crippen LogP contribution in [0, 0.1) is 3.70 Å². The molecule has 8 nitrogen and oxygen atoms in total. The van der Waals surface area contributed by atoms with E-state index in [1.807, 2.05) is 50.4 Å². The molecule has 0 unspecified atom stereocenters. The zero-order valence-corrected chi connectivity index (χ0v) is 20.2. The maximum Gasteiger partial charge on any atom is 0.308 e.